The second-order valence-corrected chi connectivity index (χ2v) is 5.66. The number of sulfonamides is 1. The summed E-state index contributed by atoms with van der Waals surface area (Å²) < 4.78 is 39.8. The fourth-order valence-corrected chi connectivity index (χ4v) is 2.59. The van der Waals surface area contributed by atoms with Crippen LogP contribution in [0.4, 0.5) is 15.8 Å². The quantitative estimate of drug-likeness (QED) is 0.846. The van der Waals surface area contributed by atoms with Crippen molar-refractivity contribution in [3.8, 4) is 6.07 Å². The lowest BCUT2D eigenvalue weighted by Crippen LogP contribution is -2.14. The van der Waals surface area contributed by atoms with Crippen LogP contribution in [-0.2, 0) is 10.0 Å². The Labute approximate surface area is 115 Å². The number of halogens is 1. The Balaban J connectivity index is 2.33. The first-order valence-corrected chi connectivity index (χ1v) is 6.99. The number of nitrogens with zero attached hydrogens (tertiary/aromatic N) is 1. The molecule has 0 aliphatic heterocycles. The maximum atomic E-state index is 13.6. The van der Waals surface area contributed by atoms with E-state index in [0.29, 0.717) is 5.56 Å². The van der Waals surface area contributed by atoms with Crippen LogP contribution in [0.5, 0.6) is 0 Å². The highest BCUT2D eigenvalue weighted by atomic mass is 32.2. The van der Waals surface area contributed by atoms with Gasteiger partial charge in [0.2, 0.25) is 0 Å². The molecule has 0 spiro atoms. The zero-order valence-corrected chi connectivity index (χ0v) is 11.0. The standard InChI is InChI=1S/C13H10FN3O2S/c14-12-7-10(16)3-6-13(12)17-20(18,19)11-4-1-9(8-15)2-5-11/h1-7,17H,16H2. The maximum absolute atomic E-state index is 13.6. The van der Waals surface area contributed by atoms with E-state index in [0.717, 1.165) is 6.07 Å². The molecule has 0 atom stereocenters. The number of nitrogens with one attached hydrogen (secondary N) is 1. The van der Waals surface area contributed by atoms with Gasteiger partial charge in [0.05, 0.1) is 22.2 Å². The number of benzene rings is 2. The predicted molar refractivity (Wildman–Crippen MR) is 72.8 cm³/mol. The average Bonchev–Trinajstić information content (AvgIpc) is 2.42. The third-order valence-corrected chi connectivity index (χ3v) is 3.91. The minimum atomic E-state index is -3.91. The molecule has 0 aromatic heterocycles. The van der Waals surface area contributed by atoms with Gasteiger partial charge in [-0.3, -0.25) is 4.72 Å². The van der Waals surface area contributed by atoms with E-state index >= 15 is 0 Å². The van der Waals surface area contributed by atoms with Crippen LogP contribution in [-0.4, -0.2) is 8.42 Å². The molecule has 2 aromatic rings. The van der Waals surface area contributed by atoms with E-state index in [4.69, 9.17) is 11.0 Å². The fourth-order valence-electron chi connectivity index (χ4n) is 1.53. The summed E-state index contributed by atoms with van der Waals surface area (Å²) in [6, 6.07) is 10.8. The van der Waals surface area contributed by atoms with Gasteiger partial charge in [-0.1, -0.05) is 0 Å². The molecule has 5 nitrogen and oxygen atoms in total. The fraction of sp³-hybridized carbons (Fsp3) is 0. The molecular weight excluding hydrogens is 281 g/mol. The molecule has 102 valence electrons. The maximum Gasteiger partial charge on any atom is 0.261 e. The van der Waals surface area contributed by atoms with Crippen molar-refractivity contribution in [3.63, 3.8) is 0 Å². The average molecular weight is 291 g/mol. The number of hydrogen-bond donors (Lipinski definition) is 2. The van der Waals surface area contributed by atoms with Crippen LogP contribution in [0.2, 0.25) is 0 Å². The van der Waals surface area contributed by atoms with Gasteiger partial charge in [0.1, 0.15) is 5.82 Å². The summed E-state index contributed by atoms with van der Waals surface area (Å²) >= 11 is 0. The molecule has 7 heteroatoms. The normalized spacial score (nSPS) is 10.8. The van der Waals surface area contributed by atoms with Crippen LogP contribution in [0.15, 0.2) is 47.4 Å². The molecule has 0 heterocycles. The zero-order chi connectivity index (χ0) is 14.8. The molecule has 0 aliphatic rings. The van der Waals surface area contributed by atoms with Crippen molar-refractivity contribution in [2.45, 2.75) is 4.90 Å². The molecule has 0 unspecified atom stereocenters. The van der Waals surface area contributed by atoms with Gasteiger partial charge in [0.25, 0.3) is 10.0 Å². The molecule has 0 fully saturated rings. The van der Waals surface area contributed by atoms with Crippen LogP contribution in [0.25, 0.3) is 0 Å². The first-order valence-electron chi connectivity index (χ1n) is 5.50. The minimum Gasteiger partial charge on any atom is -0.399 e. The Morgan fingerprint density at radius 2 is 1.80 bits per heavy atom. The molecule has 0 amide bonds. The third kappa shape index (κ3) is 2.87. The monoisotopic (exact) mass is 291 g/mol. The van der Waals surface area contributed by atoms with Crippen LogP contribution < -0.4 is 10.5 Å². The van der Waals surface area contributed by atoms with Crippen LogP contribution in [0.3, 0.4) is 0 Å². The number of nitriles is 1. The Kier molecular flexibility index (Phi) is 3.59. The second-order valence-electron chi connectivity index (χ2n) is 3.98. The molecule has 0 saturated carbocycles. The van der Waals surface area contributed by atoms with Gasteiger partial charge in [-0.05, 0) is 42.5 Å². The van der Waals surface area contributed by atoms with Crippen molar-refractivity contribution < 1.29 is 12.8 Å². The number of rotatable bonds is 3. The summed E-state index contributed by atoms with van der Waals surface area (Å²) in [5.74, 6) is -0.762. The van der Waals surface area contributed by atoms with E-state index in [9.17, 15) is 12.8 Å². The van der Waals surface area contributed by atoms with Gasteiger partial charge in [0.15, 0.2) is 0 Å². The molecular formula is C13H10FN3O2S. The van der Waals surface area contributed by atoms with Gasteiger partial charge >= 0.3 is 0 Å². The largest absolute Gasteiger partial charge is 0.399 e. The first kappa shape index (κ1) is 13.8. The van der Waals surface area contributed by atoms with Gasteiger partial charge in [-0.15, -0.1) is 0 Å². The van der Waals surface area contributed by atoms with Crippen molar-refractivity contribution in [1.82, 2.24) is 0 Å². The first-order chi connectivity index (χ1) is 9.42. The van der Waals surface area contributed by atoms with Crippen molar-refractivity contribution in [2.75, 3.05) is 10.5 Å². The molecule has 3 N–H and O–H groups in total. The molecule has 0 bridgehead atoms. The van der Waals surface area contributed by atoms with E-state index in [2.05, 4.69) is 4.72 Å². The summed E-state index contributed by atoms with van der Waals surface area (Å²) in [5, 5.41) is 8.65. The smallest absolute Gasteiger partial charge is 0.261 e. The third-order valence-electron chi connectivity index (χ3n) is 2.53. The van der Waals surface area contributed by atoms with Crippen LogP contribution in [0.1, 0.15) is 5.56 Å². The summed E-state index contributed by atoms with van der Waals surface area (Å²) in [4.78, 5) is -0.0623. The topological polar surface area (TPSA) is 96.0 Å². The Hall–Kier alpha value is -2.59. The highest BCUT2D eigenvalue weighted by Crippen LogP contribution is 2.21. The molecule has 2 rings (SSSR count). The molecule has 20 heavy (non-hydrogen) atoms. The van der Waals surface area contributed by atoms with Gasteiger partial charge in [-0.2, -0.15) is 5.26 Å². The second kappa shape index (κ2) is 5.19. The molecule has 0 radical (unpaired) electrons. The summed E-state index contributed by atoms with van der Waals surface area (Å²) in [5.41, 5.74) is 5.73. The number of nitrogen functional groups attached to an aromatic ring is 1. The van der Waals surface area contributed by atoms with Gasteiger partial charge < -0.3 is 5.73 Å². The number of anilines is 2. The Morgan fingerprint density at radius 1 is 1.15 bits per heavy atom. The van der Waals surface area contributed by atoms with E-state index in [-0.39, 0.29) is 16.3 Å². The highest BCUT2D eigenvalue weighted by Gasteiger charge is 2.16. The van der Waals surface area contributed by atoms with E-state index in [1.54, 1.807) is 0 Å². The Morgan fingerprint density at radius 3 is 2.35 bits per heavy atom. The van der Waals surface area contributed by atoms with Crippen molar-refractivity contribution >= 4 is 21.4 Å². The van der Waals surface area contributed by atoms with E-state index in [1.807, 2.05) is 6.07 Å². The van der Waals surface area contributed by atoms with Gasteiger partial charge in [-0.25, -0.2) is 12.8 Å². The van der Waals surface area contributed by atoms with Gasteiger partial charge in [0, 0.05) is 5.69 Å². The van der Waals surface area contributed by atoms with Crippen molar-refractivity contribution in [2.24, 2.45) is 0 Å². The highest BCUT2D eigenvalue weighted by molar-refractivity contribution is 7.92. The minimum absolute atomic E-state index is 0.0623. The lowest BCUT2D eigenvalue weighted by atomic mass is 10.2. The van der Waals surface area contributed by atoms with Crippen LogP contribution in [0, 0.1) is 17.1 Å². The van der Waals surface area contributed by atoms with E-state index < -0.39 is 15.8 Å². The zero-order valence-electron chi connectivity index (χ0n) is 10.2. The van der Waals surface area contributed by atoms with Crippen LogP contribution >= 0.6 is 0 Å². The number of hydrogen-bond acceptors (Lipinski definition) is 4. The van der Waals surface area contributed by atoms with Crippen molar-refractivity contribution in [3.05, 3.63) is 53.8 Å². The Bertz CT molecular complexity index is 780. The van der Waals surface area contributed by atoms with Crippen molar-refractivity contribution in [1.29, 1.82) is 5.26 Å². The molecule has 0 saturated heterocycles. The predicted octanol–water partition coefficient (Wildman–Crippen LogP) is 2.08. The van der Waals surface area contributed by atoms with E-state index in [1.165, 1.54) is 36.4 Å². The summed E-state index contributed by atoms with van der Waals surface area (Å²) in [7, 11) is -3.91. The summed E-state index contributed by atoms with van der Waals surface area (Å²) in [6.07, 6.45) is 0. The molecule has 0 aliphatic carbocycles. The summed E-state index contributed by atoms with van der Waals surface area (Å²) in [6.45, 7) is 0. The SMILES string of the molecule is N#Cc1ccc(S(=O)(=O)Nc2ccc(N)cc2F)cc1. The lowest BCUT2D eigenvalue weighted by molar-refractivity contribution is 0.598. The molecule has 2 aromatic carbocycles. The lowest BCUT2D eigenvalue weighted by Gasteiger charge is -2.09. The number of nitrogens with two attached hydrogens (primary N) is 1.